The first-order valence-electron chi connectivity index (χ1n) is 3.80. The first-order chi connectivity index (χ1) is 6.09. The van der Waals surface area contributed by atoms with E-state index in [1.165, 1.54) is 12.1 Å². The van der Waals surface area contributed by atoms with Crippen molar-refractivity contribution in [2.75, 3.05) is 0 Å². The van der Waals surface area contributed by atoms with E-state index in [0.717, 1.165) is 17.2 Å². The first kappa shape index (κ1) is 13.2. The molecule has 0 bridgehead atoms. The van der Waals surface area contributed by atoms with E-state index in [1.54, 1.807) is 19.1 Å². The van der Waals surface area contributed by atoms with Crippen LogP contribution in [0.25, 0.3) is 6.08 Å². The number of hydrogen-bond acceptors (Lipinski definition) is 2. The van der Waals surface area contributed by atoms with Crippen molar-refractivity contribution in [3.05, 3.63) is 35.4 Å². The Balaban J connectivity index is 0.00000169. The topological polar surface area (TPSA) is 57.5 Å². The van der Waals surface area contributed by atoms with Crippen LogP contribution in [0.3, 0.4) is 0 Å². The van der Waals surface area contributed by atoms with Gasteiger partial charge in [0.05, 0.1) is 0 Å². The Morgan fingerprint density at radius 3 is 2.57 bits per heavy atom. The summed E-state index contributed by atoms with van der Waals surface area (Å²) in [5.74, 6) is -0.766. The molecule has 0 atom stereocenters. The summed E-state index contributed by atoms with van der Waals surface area (Å²) in [7, 11) is 0. The fourth-order valence-electron chi connectivity index (χ4n) is 0.950. The van der Waals surface area contributed by atoms with E-state index in [9.17, 15) is 9.90 Å². The molecule has 4 heteroatoms. The predicted molar refractivity (Wildman–Crippen MR) is 56.7 cm³/mol. The maximum absolute atomic E-state index is 10.2. The van der Waals surface area contributed by atoms with Crippen LogP contribution in [0.2, 0.25) is 0 Å². The van der Waals surface area contributed by atoms with Crippen molar-refractivity contribution in [1.29, 1.82) is 0 Å². The van der Waals surface area contributed by atoms with Crippen LogP contribution in [-0.4, -0.2) is 45.7 Å². The van der Waals surface area contributed by atoms with Gasteiger partial charge >= 0.3 is 35.5 Å². The van der Waals surface area contributed by atoms with E-state index >= 15 is 0 Å². The molecular formula is C10H11NaO3. The Hall–Kier alpha value is -0.770. The summed E-state index contributed by atoms with van der Waals surface area (Å²) in [4.78, 5) is 10.2. The van der Waals surface area contributed by atoms with Crippen molar-refractivity contribution in [2.45, 2.75) is 6.92 Å². The molecule has 1 aromatic rings. The fourth-order valence-corrected chi connectivity index (χ4v) is 0.950. The zero-order valence-corrected chi connectivity index (χ0v) is 7.19. The Kier molecular flexibility index (Phi) is 5.53. The van der Waals surface area contributed by atoms with Gasteiger partial charge < -0.3 is 10.2 Å². The van der Waals surface area contributed by atoms with Crippen molar-refractivity contribution in [3.8, 4) is 5.75 Å². The number of aryl methyl sites for hydroxylation is 1. The van der Waals surface area contributed by atoms with Gasteiger partial charge in [0.1, 0.15) is 5.75 Å². The molecule has 1 aromatic carbocycles. The van der Waals surface area contributed by atoms with E-state index in [2.05, 4.69) is 0 Å². The standard InChI is InChI=1S/C10H10O3.Na.H/c1-7-6-8(2-4-9(7)11)3-5-10(12)13;;/h2-6,11H,1H3,(H,12,13);;/b5-3+;;. The molecule has 70 valence electrons. The summed E-state index contributed by atoms with van der Waals surface area (Å²) >= 11 is 0. The normalized spacial score (nSPS) is 9.79. The summed E-state index contributed by atoms with van der Waals surface area (Å²) in [6.45, 7) is 1.76. The SMILES string of the molecule is Cc1cc(/C=C/C(=O)O)ccc1O.[NaH]. The van der Waals surface area contributed by atoms with Crippen LogP contribution >= 0.6 is 0 Å². The van der Waals surface area contributed by atoms with E-state index in [0.29, 0.717) is 0 Å². The number of rotatable bonds is 2. The Bertz CT molecular complexity index is 358. The second kappa shape index (κ2) is 5.86. The molecule has 0 aromatic heterocycles. The van der Waals surface area contributed by atoms with Gasteiger partial charge in [0.2, 0.25) is 0 Å². The second-order valence-electron chi connectivity index (χ2n) is 2.72. The number of benzene rings is 1. The molecule has 2 N–H and O–H groups in total. The van der Waals surface area contributed by atoms with Gasteiger partial charge in [0.15, 0.2) is 0 Å². The van der Waals surface area contributed by atoms with Crippen LogP contribution < -0.4 is 0 Å². The van der Waals surface area contributed by atoms with E-state index in [4.69, 9.17) is 5.11 Å². The summed E-state index contributed by atoms with van der Waals surface area (Å²) < 4.78 is 0. The Labute approximate surface area is 104 Å². The molecule has 0 fully saturated rings. The van der Waals surface area contributed by atoms with Crippen molar-refractivity contribution < 1.29 is 15.0 Å². The number of phenols is 1. The van der Waals surface area contributed by atoms with Gasteiger partial charge in [0, 0.05) is 6.08 Å². The summed E-state index contributed by atoms with van der Waals surface area (Å²) in [6.07, 6.45) is 2.54. The number of carbonyl (C=O) groups is 1. The van der Waals surface area contributed by atoms with E-state index in [1.807, 2.05) is 0 Å². The average molecular weight is 202 g/mol. The quantitative estimate of drug-likeness (QED) is 0.558. The third kappa shape index (κ3) is 3.96. The molecule has 0 saturated heterocycles. The van der Waals surface area contributed by atoms with Crippen LogP contribution in [0.15, 0.2) is 24.3 Å². The molecule has 14 heavy (non-hydrogen) atoms. The molecule has 0 aliphatic carbocycles. The van der Waals surface area contributed by atoms with Gasteiger partial charge in [-0.2, -0.15) is 0 Å². The number of aromatic hydroxyl groups is 1. The van der Waals surface area contributed by atoms with Gasteiger partial charge in [-0.1, -0.05) is 6.07 Å². The number of hydrogen-bond donors (Lipinski definition) is 2. The minimum atomic E-state index is -0.981. The van der Waals surface area contributed by atoms with Gasteiger partial charge in [0.25, 0.3) is 0 Å². The van der Waals surface area contributed by atoms with Crippen molar-refractivity contribution in [2.24, 2.45) is 0 Å². The van der Waals surface area contributed by atoms with Crippen LogP contribution in [0.4, 0.5) is 0 Å². The molecule has 0 amide bonds. The Morgan fingerprint density at radius 2 is 2.07 bits per heavy atom. The third-order valence-electron chi connectivity index (χ3n) is 1.64. The molecule has 0 aliphatic rings. The predicted octanol–water partition coefficient (Wildman–Crippen LogP) is 1.15. The maximum atomic E-state index is 10.2. The Morgan fingerprint density at radius 1 is 1.43 bits per heavy atom. The zero-order valence-electron chi connectivity index (χ0n) is 7.19. The molecule has 0 unspecified atom stereocenters. The fraction of sp³-hybridized carbons (Fsp3) is 0.100. The summed E-state index contributed by atoms with van der Waals surface area (Å²) in [5, 5.41) is 17.5. The summed E-state index contributed by atoms with van der Waals surface area (Å²) in [5.41, 5.74) is 1.49. The second-order valence-corrected chi connectivity index (χ2v) is 2.72. The van der Waals surface area contributed by atoms with Crippen LogP contribution in [-0.2, 0) is 4.79 Å². The first-order valence-corrected chi connectivity index (χ1v) is 3.80. The van der Waals surface area contributed by atoms with Gasteiger partial charge in [-0.3, -0.25) is 0 Å². The molecule has 0 saturated carbocycles. The third-order valence-corrected chi connectivity index (χ3v) is 1.64. The summed E-state index contributed by atoms with van der Waals surface area (Å²) in [6, 6.07) is 4.91. The average Bonchev–Trinajstić information content (AvgIpc) is 2.07. The monoisotopic (exact) mass is 202 g/mol. The zero-order chi connectivity index (χ0) is 9.84. The molecular weight excluding hydrogens is 191 g/mol. The number of carboxylic acids is 1. The van der Waals surface area contributed by atoms with E-state index < -0.39 is 5.97 Å². The number of phenolic OH excluding ortho intramolecular Hbond substituents is 1. The molecule has 0 heterocycles. The minimum absolute atomic E-state index is 0. The van der Waals surface area contributed by atoms with Gasteiger partial charge in [-0.05, 0) is 36.3 Å². The molecule has 1 rings (SSSR count). The van der Waals surface area contributed by atoms with E-state index in [-0.39, 0.29) is 35.3 Å². The molecule has 0 radical (unpaired) electrons. The van der Waals surface area contributed by atoms with Crippen molar-refractivity contribution in [1.82, 2.24) is 0 Å². The molecule has 0 aliphatic heterocycles. The van der Waals surface area contributed by atoms with Crippen LogP contribution in [0.5, 0.6) is 5.75 Å². The number of carboxylic acid groups (broad SMARTS) is 1. The van der Waals surface area contributed by atoms with Crippen molar-refractivity contribution in [3.63, 3.8) is 0 Å². The number of aliphatic carboxylic acids is 1. The van der Waals surface area contributed by atoms with Crippen LogP contribution in [0, 0.1) is 6.92 Å². The van der Waals surface area contributed by atoms with Gasteiger partial charge in [-0.15, -0.1) is 0 Å². The molecule has 0 spiro atoms. The van der Waals surface area contributed by atoms with Gasteiger partial charge in [-0.25, -0.2) is 4.79 Å². The molecule has 3 nitrogen and oxygen atoms in total. The van der Waals surface area contributed by atoms with Crippen molar-refractivity contribution >= 4 is 41.6 Å². The van der Waals surface area contributed by atoms with Crippen LogP contribution in [0.1, 0.15) is 11.1 Å².